The highest BCUT2D eigenvalue weighted by atomic mass is 32.1. The molecule has 1 aliphatic carbocycles. The highest BCUT2D eigenvalue weighted by Gasteiger charge is 2.33. The van der Waals surface area contributed by atoms with Crippen molar-refractivity contribution in [2.75, 3.05) is 26.3 Å². The highest BCUT2D eigenvalue weighted by Crippen LogP contribution is 2.40. The van der Waals surface area contributed by atoms with Crippen LogP contribution in [-0.4, -0.2) is 48.2 Å². The van der Waals surface area contributed by atoms with Gasteiger partial charge in [-0.05, 0) is 76.8 Å². The average Bonchev–Trinajstić information content (AvgIpc) is 3.42. The molecule has 0 N–H and O–H groups in total. The van der Waals surface area contributed by atoms with Crippen LogP contribution in [-0.2, 0) is 16.0 Å². The molecule has 0 spiro atoms. The maximum Gasteiger partial charge on any atom is 0.315 e. The molecular weight excluding hydrogens is 384 g/mol. The fourth-order valence-electron chi connectivity index (χ4n) is 4.30. The standard InChI is InChI=1S/C23H30N2O3S/c1-3-27-23(26)19-11-12-20-21(19)24-22(29-20)17-7-9-18(10-8-17)28-15-5-14-25-13-4-6-16(25)2/h7-10,16,19H,3-6,11-15H2,1-2H3. The van der Waals surface area contributed by atoms with Crippen LogP contribution < -0.4 is 4.74 Å². The number of carbonyl (C=O) groups excluding carboxylic acids is 1. The molecule has 29 heavy (non-hydrogen) atoms. The van der Waals surface area contributed by atoms with Gasteiger partial charge in [-0.25, -0.2) is 4.98 Å². The molecule has 2 aromatic rings. The number of ether oxygens (including phenoxy) is 2. The molecule has 4 rings (SSSR count). The SMILES string of the molecule is CCOC(=O)C1CCc2sc(-c3ccc(OCCCN4CCCC4C)cc3)nc21. The lowest BCUT2D eigenvalue weighted by molar-refractivity contribution is -0.145. The van der Waals surface area contributed by atoms with E-state index < -0.39 is 0 Å². The van der Waals surface area contributed by atoms with Crippen molar-refractivity contribution >= 4 is 17.3 Å². The number of hydrogen-bond donors (Lipinski definition) is 0. The summed E-state index contributed by atoms with van der Waals surface area (Å²) in [6.45, 7) is 7.67. The first-order chi connectivity index (χ1) is 14.2. The first-order valence-corrected chi connectivity index (χ1v) is 11.6. The van der Waals surface area contributed by atoms with Crippen LogP contribution in [0.15, 0.2) is 24.3 Å². The maximum atomic E-state index is 12.1. The van der Waals surface area contributed by atoms with Crippen molar-refractivity contribution in [2.45, 2.75) is 57.9 Å². The molecule has 1 aromatic heterocycles. The summed E-state index contributed by atoms with van der Waals surface area (Å²) in [5, 5.41) is 0.971. The molecule has 0 bridgehead atoms. The lowest BCUT2D eigenvalue weighted by Crippen LogP contribution is -2.28. The van der Waals surface area contributed by atoms with Crippen LogP contribution >= 0.6 is 11.3 Å². The topological polar surface area (TPSA) is 51.7 Å². The number of aryl methyl sites for hydroxylation is 1. The number of likely N-dealkylation sites (tertiary alicyclic amines) is 1. The summed E-state index contributed by atoms with van der Waals surface area (Å²) < 4.78 is 11.1. The van der Waals surface area contributed by atoms with E-state index in [1.54, 1.807) is 11.3 Å². The fraction of sp³-hybridized carbons (Fsp3) is 0.565. The van der Waals surface area contributed by atoms with Gasteiger partial charge in [0.2, 0.25) is 0 Å². The smallest absolute Gasteiger partial charge is 0.315 e. The molecule has 2 aliphatic rings. The van der Waals surface area contributed by atoms with Gasteiger partial charge in [0.05, 0.1) is 18.9 Å². The van der Waals surface area contributed by atoms with E-state index in [-0.39, 0.29) is 11.9 Å². The second-order valence-electron chi connectivity index (χ2n) is 7.92. The molecule has 0 radical (unpaired) electrons. The third-order valence-electron chi connectivity index (χ3n) is 5.94. The van der Waals surface area contributed by atoms with Crippen molar-refractivity contribution in [2.24, 2.45) is 0 Å². The normalized spacial score (nSPS) is 21.3. The molecule has 2 unspecified atom stereocenters. The van der Waals surface area contributed by atoms with E-state index in [2.05, 4.69) is 24.0 Å². The Morgan fingerprint density at radius 1 is 1.28 bits per heavy atom. The van der Waals surface area contributed by atoms with Crippen molar-refractivity contribution in [1.29, 1.82) is 0 Å². The number of thiazole rings is 1. The van der Waals surface area contributed by atoms with Gasteiger partial charge >= 0.3 is 5.97 Å². The molecule has 5 nitrogen and oxygen atoms in total. The Balaban J connectivity index is 1.32. The van der Waals surface area contributed by atoms with Crippen molar-refractivity contribution in [3.8, 4) is 16.3 Å². The Hall–Kier alpha value is -1.92. The summed E-state index contributed by atoms with van der Waals surface area (Å²) in [7, 11) is 0. The Kier molecular flexibility index (Phi) is 6.50. The third-order valence-corrected chi connectivity index (χ3v) is 7.12. The van der Waals surface area contributed by atoms with E-state index in [0.717, 1.165) is 60.5 Å². The van der Waals surface area contributed by atoms with E-state index in [0.29, 0.717) is 6.61 Å². The van der Waals surface area contributed by atoms with E-state index in [1.165, 1.54) is 24.3 Å². The number of carbonyl (C=O) groups is 1. The molecule has 1 aromatic carbocycles. The quantitative estimate of drug-likeness (QED) is 0.465. The molecule has 1 saturated heterocycles. The van der Waals surface area contributed by atoms with Gasteiger partial charge in [-0.1, -0.05) is 0 Å². The number of aromatic nitrogens is 1. The Morgan fingerprint density at radius 2 is 2.10 bits per heavy atom. The Bertz CT molecular complexity index is 833. The summed E-state index contributed by atoms with van der Waals surface area (Å²) in [4.78, 5) is 20.7. The van der Waals surface area contributed by atoms with Crippen LogP contribution in [0, 0.1) is 0 Å². The van der Waals surface area contributed by atoms with Crippen LogP contribution in [0.3, 0.4) is 0 Å². The second kappa shape index (κ2) is 9.26. The van der Waals surface area contributed by atoms with E-state index in [1.807, 2.05) is 19.1 Å². The number of nitrogens with zero attached hydrogens (tertiary/aromatic N) is 2. The second-order valence-corrected chi connectivity index (χ2v) is 9.01. The van der Waals surface area contributed by atoms with Crippen LogP contribution in [0.2, 0.25) is 0 Å². The predicted molar refractivity (Wildman–Crippen MR) is 116 cm³/mol. The first kappa shape index (κ1) is 20.4. The minimum absolute atomic E-state index is 0.143. The molecule has 0 saturated carbocycles. The zero-order chi connectivity index (χ0) is 20.2. The Labute approximate surface area is 177 Å². The van der Waals surface area contributed by atoms with Crippen molar-refractivity contribution in [1.82, 2.24) is 9.88 Å². The van der Waals surface area contributed by atoms with Gasteiger partial charge < -0.3 is 14.4 Å². The van der Waals surface area contributed by atoms with Gasteiger partial charge in [-0.15, -0.1) is 11.3 Å². The molecule has 0 amide bonds. The van der Waals surface area contributed by atoms with E-state index >= 15 is 0 Å². The molecular formula is C23H30N2O3S. The van der Waals surface area contributed by atoms with Gasteiger partial charge in [0, 0.05) is 23.0 Å². The zero-order valence-electron chi connectivity index (χ0n) is 17.4. The van der Waals surface area contributed by atoms with Gasteiger partial charge in [-0.3, -0.25) is 4.79 Å². The summed E-state index contributed by atoms with van der Waals surface area (Å²) in [6, 6.07) is 8.88. The first-order valence-electron chi connectivity index (χ1n) is 10.8. The van der Waals surface area contributed by atoms with Crippen molar-refractivity contribution in [3.05, 3.63) is 34.8 Å². The maximum absolute atomic E-state index is 12.1. The van der Waals surface area contributed by atoms with Crippen molar-refractivity contribution < 1.29 is 14.3 Å². The molecule has 1 aliphatic heterocycles. The largest absolute Gasteiger partial charge is 0.494 e. The summed E-state index contributed by atoms with van der Waals surface area (Å²) in [5.74, 6) is 0.558. The number of benzene rings is 1. The van der Waals surface area contributed by atoms with Crippen LogP contribution in [0.4, 0.5) is 0 Å². The van der Waals surface area contributed by atoms with Crippen molar-refractivity contribution in [3.63, 3.8) is 0 Å². The molecule has 1 fully saturated rings. The zero-order valence-corrected chi connectivity index (χ0v) is 18.2. The number of esters is 1. The summed E-state index contributed by atoms with van der Waals surface area (Å²) >= 11 is 1.69. The Morgan fingerprint density at radius 3 is 2.83 bits per heavy atom. The van der Waals surface area contributed by atoms with Crippen LogP contribution in [0.5, 0.6) is 5.75 Å². The van der Waals surface area contributed by atoms with Gasteiger partial charge in [0.25, 0.3) is 0 Å². The minimum Gasteiger partial charge on any atom is -0.494 e. The minimum atomic E-state index is -0.198. The summed E-state index contributed by atoms with van der Waals surface area (Å²) in [6.07, 6.45) is 5.43. The van der Waals surface area contributed by atoms with Crippen LogP contribution in [0.1, 0.15) is 56.0 Å². The lowest BCUT2D eigenvalue weighted by atomic mass is 10.1. The highest BCUT2D eigenvalue weighted by molar-refractivity contribution is 7.15. The van der Waals surface area contributed by atoms with Gasteiger partial charge in [0.15, 0.2) is 0 Å². The summed E-state index contributed by atoms with van der Waals surface area (Å²) in [5.41, 5.74) is 1.99. The van der Waals surface area contributed by atoms with Gasteiger partial charge in [-0.2, -0.15) is 0 Å². The number of rotatable bonds is 8. The molecule has 6 heteroatoms. The van der Waals surface area contributed by atoms with E-state index in [9.17, 15) is 4.79 Å². The van der Waals surface area contributed by atoms with E-state index in [4.69, 9.17) is 14.5 Å². The van der Waals surface area contributed by atoms with Gasteiger partial charge in [0.1, 0.15) is 16.7 Å². The fourth-order valence-corrected chi connectivity index (χ4v) is 5.44. The molecule has 2 atom stereocenters. The van der Waals surface area contributed by atoms with Crippen LogP contribution in [0.25, 0.3) is 10.6 Å². The lowest BCUT2D eigenvalue weighted by Gasteiger charge is -2.20. The predicted octanol–water partition coefficient (Wildman–Crippen LogP) is 4.66. The molecule has 2 heterocycles. The third kappa shape index (κ3) is 4.64. The average molecular weight is 415 g/mol. The number of fused-ring (bicyclic) bond motifs is 1. The monoisotopic (exact) mass is 414 g/mol. The number of hydrogen-bond acceptors (Lipinski definition) is 6. The molecule has 156 valence electrons.